The molecule has 0 radical (unpaired) electrons. The van der Waals surface area contributed by atoms with Gasteiger partial charge >= 0.3 is 5.97 Å². The van der Waals surface area contributed by atoms with E-state index in [9.17, 15) is 9.59 Å². The van der Waals surface area contributed by atoms with Crippen LogP contribution in [0.3, 0.4) is 0 Å². The Labute approximate surface area is 126 Å². The monoisotopic (exact) mass is 301 g/mol. The van der Waals surface area contributed by atoms with Gasteiger partial charge in [-0.15, -0.1) is 11.3 Å². The van der Waals surface area contributed by atoms with Gasteiger partial charge < -0.3 is 10.4 Å². The number of nitrogens with one attached hydrogen (secondary N) is 1. The Hall–Kier alpha value is -2.14. The highest BCUT2D eigenvalue weighted by Gasteiger charge is 2.21. The molecule has 0 saturated carbocycles. The van der Waals surface area contributed by atoms with E-state index in [0.717, 1.165) is 12.8 Å². The molecule has 108 valence electrons. The van der Waals surface area contributed by atoms with Crippen LogP contribution in [0.25, 0.3) is 10.4 Å². The molecule has 1 heterocycles. The normalized spacial score (nSPS) is 12.4. The number of carbonyl (C=O) groups excluding carboxylic acids is 1. The lowest BCUT2D eigenvalue weighted by atomic mass is 9.91. The quantitative estimate of drug-likeness (QED) is 0.912. The van der Waals surface area contributed by atoms with Crippen LogP contribution in [0.15, 0.2) is 30.3 Å². The highest BCUT2D eigenvalue weighted by Crippen LogP contribution is 2.39. The summed E-state index contributed by atoms with van der Waals surface area (Å²) >= 11 is 1.49. The summed E-state index contributed by atoms with van der Waals surface area (Å²) in [5.41, 5.74) is 3.75. The number of amides is 1. The van der Waals surface area contributed by atoms with E-state index in [1.54, 1.807) is 0 Å². The molecule has 0 saturated heterocycles. The molecule has 21 heavy (non-hydrogen) atoms. The lowest BCUT2D eigenvalue weighted by Gasteiger charge is -2.15. The van der Waals surface area contributed by atoms with E-state index in [1.807, 2.05) is 18.2 Å². The molecular formula is C16H15NO3S. The van der Waals surface area contributed by atoms with Crippen molar-refractivity contribution in [2.45, 2.75) is 19.3 Å². The first-order valence-electron chi connectivity index (χ1n) is 6.86. The zero-order valence-corrected chi connectivity index (χ0v) is 12.2. The molecule has 2 N–H and O–H groups in total. The summed E-state index contributed by atoms with van der Waals surface area (Å²) in [5.74, 6) is -1.09. The zero-order chi connectivity index (χ0) is 14.8. The van der Waals surface area contributed by atoms with Crippen LogP contribution in [0.2, 0.25) is 0 Å². The van der Waals surface area contributed by atoms with Gasteiger partial charge in [-0.05, 0) is 35.6 Å². The molecule has 0 unspecified atom stereocenters. The largest absolute Gasteiger partial charge is 0.481 e. The maximum absolute atomic E-state index is 12.1. The minimum atomic E-state index is -0.908. The van der Waals surface area contributed by atoms with Crippen molar-refractivity contribution >= 4 is 23.2 Å². The minimum Gasteiger partial charge on any atom is -0.481 e. The summed E-state index contributed by atoms with van der Waals surface area (Å²) in [6, 6.07) is 10.2. The summed E-state index contributed by atoms with van der Waals surface area (Å²) in [5, 5.41) is 11.2. The number of hydrogen-bond acceptors (Lipinski definition) is 3. The van der Waals surface area contributed by atoms with Crippen LogP contribution in [-0.2, 0) is 17.6 Å². The van der Waals surface area contributed by atoms with Crippen LogP contribution >= 0.6 is 11.3 Å². The molecule has 0 fully saturated rings. The van der Waals surface area contributed by atoms with E-state index in [4.69, 9.17) is 5.11 Å². The Morgan fingerprint density at radius 2 is 1.95 bits per heavy atom. The Kier molecular flexibility index (Phi) is 3.75. The maximum Gasteiger partial charge on any atom is 0.305 e. The average molecular weight is 301 g/mol. The highest BCUT2D eigenvalue weighted by molar-refractivity contribution is 7.17. The summed E-state index contributed by atoms with van der Waals surface area (Å²) in [6.07, 6.45) is 1.89. The number of rotatable bonds is 4. The molecule has 0 bridgehead atoms. The first kappa shape index (κ1) is 13.8. The number of carbonyl (C=O) groups is 2. The SMILES string of the molecule is O=C(O)CCNC(=O)c1cc2c(s1)-c1ccccc1CC2. The van der Waals surface area contributed by atoms with Crippen molar-refractivity contribution in [1.29, 1.82) is 0 Å². The lowest BCUT2D eigenvalue weighted by molar-refractivity contribution is -0.136. The third-order valence-corrected chi connectivity index (χ3v) is 4.79. The summed E-state index contributed by atoms with van der Waals surface area (Å²) in [6.45, 7) is 0.160. The van der Waals surface area contributed by atoms with Crippen molar-refractivity contribution in [3.05, 3.63) is 46.3 Å². The molecule has 1 aromatic carbocycles. The number of aliphatic carboxylic acids is 1. The highest BCUT2D eigenvalue weighted by atomic mass is 32.1. The predicted molar refractivity (Wildman–Crippen MR) is 81.7 cm³/mol. The fourth-order valence-corrected chi connectivity index (χ4v) is 3.74. The minimum absolute atomic E-state index is 0.0559. The van der Waals surface area contributed by atoms with Gasteiger partial charge in [0.2, 0.25) is 0 Å². The van der Waals surface area contributed by atoms with E-state index in [0.29, 0.717) is 4.88 Å². The second kappa shape index (κ2) is 5.69. The molecular weight excluding hydrogens is 286 g/mol. The van der Waals surface area contributed by atoms with Crippen molar-refractivity contribution in [3.8, 4) is 10.4 Å². The molecule has 4 nitrogen and oxygen atoms in total. The Balaban J connectivity index is 1.80. The van der Waals surface area contributed by atoms with Gasteiger partial charge in [-0.3, -0.25) is 9.59 Å². The number of hydrogen-bond donors (Lipinski definition) is 2. The van der Waals surface area contributed by atoms with E-state index in [1.165, 1.54) is 32.9 Å². The zero-order valence-electron chi connectivity index (χ0n) is 11.4. The third kappa shape index (κ3) is 2.83. The summed E-state index contributed by atoms with van der Waals surface area (Å²) in [7, 11) is 0. The number of carboxylic acid groups (broad SMARTS) is 1. The Bertz CT molecular complexity index is 705. The van der Waals surface area contributed by atoms with Crippen LogP contribution in [0.1, 0.15) is 27.2 Å². The number of thiophene rings is 1. The maximum atomic E-state index is 12.1. The molecule has 1 aliphatic rings. The van der Waals surface area contributed by atoms with E-state index in [-0.39, 0.29) is 18.9 Å². The van der Waals surface area contributed by atoms with Crippen LogP contribution in [0.4, 0.5) is 0 Å². The van der Waals surface area contributed by atoms with Crippen molar-refractivity contribution in [2.24, 2.45) is 0 Å². The van der Waals surface area contributed by atoms with Gasteiger partial charge in [-0.2, -0.15) is 0 Å². The van der Waals surface area contributed by atoms with E-state index in [2.05, 4.69) is 17.4 Å². The van der Waals surface area contributed by atoms with Crippen LogP contribution in [-0.4, -0.2) is 23.5 Å². The first-order chi connectivity index (χ1) is 10.1. The van der Waals surface area contributed by atoms with Gasteiger partial charge in [-0.1, -0.05) is 24.3 Å². The first-order valence-corrected chi connectivity index (χ1v) is 7.68. The Morgan fingerprint density at radius 1 is 1.19 bits per heavy atom. The number of benzene rings is 1. The summed E-state index contributed by atoms with van der Waals surface area (Å²) < 4.78 is 0. The molecule has 1 aliphatic carbocycles. The van der Waals surface area contributed by atoms with Gasteiger partial charge in [0.1, 0.15) is 0 Å². The number of aryl methyl sites for hydroxylation is 2. The summed E-state index contributed by atoms with van der Waals surface area (Å²) in [4.78, 5) is 24.3. The number of carboxylic acids is 1. The molecule has 2 aromatic rings. The van der Waals surface area contributed by atoms with Gasteiger partial charge in [-0.25, -0.2) is 0 Å². The fourth-order valence-electron chi connectivity index (χ4n) is 2.55. The fraction of sp³-hybridized carbons (Fsp3) is 0.250. The third-order valence-electron chi connectivity index (χ3n) is 3.58. The topological polar surface area (TPSA) is 66.4 Å². The van der Waals surface area contributed by atoms with Crippen LogP contribution in [0.5, 0.6) is 0 Å². The lowest BCUT2D eigenvalue weighted by Crippen LogP contribution is -2.25. The van der Waals surface area contributed by atoms with Gasteiger partial charge in [0.25, 0.3) is 5.91 Å². The van der Waals surface area contributed by atoms with Gasteiger partial charge in [0.15, 0.2) is 0 Å². The molecule has 0 atom stereocenters. The van der Waals surface area contributed by atoms with Gasteiger partial charge in [0, 0.05) is 11.4 Å². The van der Waals surface area contributed by atoms with Crippen molar-refractivity contribution < 1.29 is 14.7 Å². The molecule has 0 aliphatic heterocycles. The van der Waals surface area contributed by atoms with Crippen LogP contribution in [0, 0.1) is 0 Å². The second-order valence-electron chi connectivity index (χ2n) is 5.02. The predicted octanol–water partition coefficient (Wildman–Crippen LogP) is 2.72. The molecule has 1 aromatic heterocycles. The second-order valence-corrected chi connectivity index (χ2v) is 6.07. The van der Waals surface area contributed by atoms with Crippen molar-refractivity contribution in [1.82, 2.24) is 5.32 Å². The molecule has 3 rings (SSSR count). The average Bonchev–Trinajstić information content (AvgIpc) is 2.91. The van der Waals surface area contributed by atoms with Crippen LogP contribution < -0.4 is 5.32 Å². The Morgan fingerprint density at radius 3 is 2.76 bits per heavy atom. The van der Waals surface area contributed by atoms with Crippen molar-refractivity contribution in [3.63, 3.8) is 0 Å². The van der Waals surface area contributed by atoms with E-state index < -0.39 is 5.97 Å². The molecule has 0 spiro atoms. The molecule has 1 amide bonds. The smallest absolute Gasteiger partial charge is 0.305 e. The van der Waals surface area contributed by atoms with Crippen molar-refractivity contribution in [2.75, 3.05) is 6.54 Å². The standard InChI is InChI=1S/C16H15NO3S/c18-14(19)7-8-17-16(20)13-9-11-6-5-10-3-1-2-4-12(10)15(11)21-13/h1-4,9H,5-8H2,(H,17,20)(H,18,19). The van der Waals surface area contributed by atoms with E-state index >= 15 is 0 Å². The molecule has 5 heteroatoms. The number of fused-ring (bicyclic) bond motifs is 3. The van der Waals surface area contributed by atoms with Gasteiger partial charge in [0.05, 0.1) is 11.3 Å².